The van der Waals surface area contributed by atoms with Gasteiger partial charge in [0.05, 0.1) is 17.5 Å². The van der Waals surface area contributed by atoms with Gasteiger partial charge >= 0.3 is 0 Å². The van der Waals surface area contributed by atoms with E-state index in [0.29, 0.717) is 30.1 Å². The molecule has 0 amide bonds. The minimum absolute atomic E-state index is 0.400. The van der Waals surface area contributed by atoms with E-state index in [0.717, 1.165) is 17.8 Å². The summed E-state index contributed by atoms with van der Waals surface area (Å²) in [5, 5.41) is 20.3. The zero-order valence-electron chi connectivity index (χ0n) is 12.0. The highest BCUT2D eigenvalue weighted by Crippen LogP contribution is 2.29. The van der Waals surface area contributed by atoms with Gasteiger partial charge in [0.1, 0.15) is 11.8 Å². The van der Waals surface area contributed by atoms with Crippen LogP contribution >= 0.6 is 11.6 Å². The first-order chi connectivity index (χ1) is 10.6. The molecule has 1 aromatic carbocycles. The van der Waals surface area contributed by atoms with Crippen LogP contribution in [0.4, 0.5) is 5.69 Å². The average Bonchev–Trinajstić information content (AvgIpc) is 2.89. The molecule has 0 radical (unpaired) electrons. The summed E-state index contributed by atoms with van der Waals surface area (Å²) in [7, 11) is 0. The predicted molar refractivity (Wildman–Crippen MR) is 85.9 cm³/mol. The lowest BCUT2D eigenvalue weighted by atomic mass is 9.94. The van der Waals surface area contributed by atoms with Gasteiger partial charge in [-0.25, -0.2) is 4.98 Å². The van der Waals surface area contributed by atoms with Crippen LogP contribution in [-0.4, -0.2) is 28.8 Å². The molecule has 112 valence electrons. The normalized spacial score (nSPS) is 20.9. The van der Waals surface area contributed by atoms with Crippen molar-refractivity contribution < 1.29 is 5.11 Å². The lowest BCUT2D eigenvalue weighted by molar-refractivity contribution is 0.0637. The van der Waals surface area contributed by atoms with Crippen molar-refractivity contribution in [3.63, 3.8) is 0 Å². The van der Waals surface area contributed by atoms with Gasteiger partial charge < -0.3 is 10.0 Å². The van der Waals surface area contributed by atoms with Crippen molar-refractivity contribution in [2.45, 2.75) is 18.4 Å². The molecule has 1 saturated heterocycles. The third-order valence-electron chi connectivity index (χ3n) is 3.98. The van der Waals surface area contributed by atoms with Gasteiger partial charge in [-0.15, -0.1) is 0 Å². The van der Waals surface area contributed by atoms with Crippen LogP contribution in [0.1, 0.15) is 17.7 Å². The largest absolute Gasteiger partial charge is 0.388 e. The zero-order chi connectivity index (χ0) is 15.6. The number of β-amino-alcohol motifs (C(OH)–C–C–N with tert-alkyl or cyclic N) is 1. The number of pyridine rings is 1. The van der Waals surface area contributed by atoms with E-state index >= 15 is 0 Å². The molecule has 1 atom stereocenters. The molecule has 0 aliphatic carbocycles. The highest BCUT2D eigenvalue weighted by atomic mass is 35.5. The van der Waals surface area contributed by atoms with Crippen molar-refractivity contribution in [1.29, 1.82) is 5.26 Å². The molecule has 1 aliphatic heterocycles. The number of nitrogens with zero attached hydrogens (tertiary/aromatic N) is 3. The van der Waals surface area contributed by atoms with Gasteiger partial charge in [0, 0.05) is 24.5 Å². The van der Waals surface area contributed by atoms with Crippen molar-refractivity contribution in [2.75, 3.05) is 18.0 Å². The minimum Gasteiger partial charge on any atom is -0.388 e. The number of halogens is 1. The summed E-state index contributed by atoms with van der Waals surface area (Å²) < 4.78 is 0. The van der Waals surface area contributed by atoms with Crippen molar-refractivity contribution in [3.05, 3.63) is 58.9 Å². The molecule has 5 heteroatoms. The molecular formula is C17H16ClN3O. The lowest BCUT2D eigenvalue weighted by Crippen LogP contribution is -2.35. The van der Waals surface area contributed by atoms with Gasteiger partial charge in [-0.2, -0.15) is 5.26 Å². The summed E-state index contributed by atoms with van der Waals surface area (Å²) in [6, 6.07) is 13.2. The number of benzene rings is 1. The van der Waals surface area contributed by atoms with Gasteiger partial charge in [-0.05, 0) is 36.2 Å². The summed E-state index contributed by atoms with van der Waals surface area (Å²) in [6.07, 6.45) is 2.96. The van der Waals surface area contributed by atoms with E-state index in [4.69, 9.17) is 16.9 Å². The topological polar surface area (TPSA) is 60.2 Å². The fourth-order valence-corrected chi connectivity index (χ4v) is 3.10. The van der Waals surface area contributed by atoms with Gasteiger partial charge in [0.15, 0.2) is 0 Å². The first-order valence-electron chi connectivity index (χ1n) is 7.16. The molecule has 1 aliphatic rings. The zero-order valence-corrected chi connectivity index (χ0v) is 12.8. The maximum atomic E-state index is 10.8. The van der Waals surface area contributed by atoms with E-state index in [1.165, 1.54) is 0 Å². The van der Waals surface area contributed by atoms with E-state index < -0.39 is 5.60 Å². The molecule has 1 aromatic heterocycles. The fourth-order valence-electron chi connectivity index (χ4n) is 2.89. The SMILES string of the molecule is N#Cc1ccc(N2CCC(O)(Cc3cccc(Cl)c3)C2)cn1. The third-order valence-corrected chi connectivity index (χ3v) is 4.22. The number of hydrogen-bond donors (Lipinski definition) is 1. The number of anilines is 1. The Balaban J connectivity index is 1.71. The number of rotatable bonds is 3. The van der Waals surface area contributed by atoms with E-state index in [-0.39, 0.29) is 0 Å². The summed E-state index contributed by atoms with van der Waals surface area (Å²) >= 11 is 6.00. The average molecular weight is 314 g/mol. The Morgan fingerprint density at radius 3 is 2.91 bits per heavy atom. The monoisotopic (exact) mass is 313 g/mol. The smallest absolute Gasteiger partial charge is 0.140 e. The second-order valence-electron chi connectivity index (χ2n) is 5.72. The lowest BCUT2D eigenvalue weighted by Gasteiger charge is -2.24. The second kappa shape index (κ2) is 5.96. The van der Waals surface area contributed by atoms with Crippen LogP contribution < -0.4 is 4.90 Å². The Kier molecular flexibility index (Phi) is 4.02. The summed E-state index contributed by atoms with van der Waals surface area (Å²) in [5.74, 6) is 0. The van der Waals surface area contributed by atoms with Gasteiger partial charge in [0.25, 0.3) is 0 Å². The second-order valence-corrected chi connectivity index (χ2v) is 6.15. The van der Waals surface area contributed by atoms with Crippen LogP contribution in [-0.2, 0) is 6.42 Å². The Bertz CT molecular complexity index is 711. The Morgan fingerprint density at radius 1 is 1.36 bits per heavy atom. The molecule has 22 heavy (non-hydrogen) atoms. The Hall–Kier alpha value is -2.09. The molecule has 4 nitrogen and oxygen atoms in total. The molecular weight excluding hydrogens is 298 g/mol. The number of nitriles is 1. The van der Waals surface area contributed by atoms with Crippen LogP contribution in [0, 0.1) is 11.3 Å². The molecule has 1 N–H and O–H groups in total. The first kappa shape index (κ1) is 14.8. The molecule has 0 bridgehead atoms. The number of hydrogen-bond acceptors (Lipinski definition) is 4. The highest BCUT2D eigenvalue weighted by Gasteiger charge is 2.36. The maximum absolute atomic E-state index is 10.8. The van der Waals surface area contributed by atoms with Crippen LogP contribution in [0.15, 0.2) is 42.6 Å². The Labute approximate surface area is 134 Å². The highest BCUT2D eigenvalue weighted by molar-refractivity contribution is 6.30. The maximum Gasteiger partial charge on any atom is 0.140 e. The van der Waals surface area contributed by atoms with Crippen molar-refractivity contribution in [2.24, 2.45) is 0 Å². The molecule has 2 heterocycles. The third kappa shape index (κ3) is 3.22. The van der Waals surface area contributed by atoms with Gasteiger partial charge in [0.2, 0.25) is 0 Å². The van der Waals surface area contributed by atoms with Gasteiger partial charge in [-0.1, -0.05) is 23.7 Å². The summed E-state index contributed by atoms with van der Waals surface area (Å²) in [5.41, 5.74) is 1.60. The van der Waals surface area contributed by atoms with Crippen LogP contribution in [0.3, 0.4) is 0 Å². The van der Waals surface area contributed by atoms with Crippen molar-refractivity contribution in [3.8, 4) is 6.07 Å². The van der Waals surface area contributed by atoms with E-state index in [2.05, 4.69) is 9.88 Å². The van der Waals surface area contributed by atoms with E-state index in [1.54, 1.807) is 12.3 Å². The van der Waals surface area contributed by atoms with Gasteiger partial charge in [-0.3, -0.25) is 0 Å². The Morgan fingerprint density at radius 2 is 2.23 bits per heavy atom. The fraction of sp³-hybridized carbons (Fsp3) is 0.294. The molecule has 3 rings (SSSR count). The molecule has 1 unspecified atom stereocenters. The quantitative estimate of drug-likeness (QED) is 0.946. The molecule has 2 aromatic rings. The van der Waals surface area contributed by atoms with Crippen LogP contribution in [0.5, 0.6) is 0 Å². The van der Waals surface area contributed by atoms with Crippen LogP contribution in [0.25, 0.3) is 0 Å². The van der Waals surface area contributed by atoms with E-state index in [9.17, 15) is 5.11 Å². The van der Waals surface area contributed by atoms with Crippen LogP contribution in [0.2, 0.25) is 5.02 Å². The number of aromatic nitrogens is 1. The molecule has 0 saturated carbocycles. The first-order valence-corrected chi connectivity index (χ1v) is 7.54. The molecule has 0 spiro atoms. The van der Waals surface area contributed by atoms with E-state index in [1.807, 2.05) is 36.4 Å². The number of aliphatic hydroxyl groups is 1. The minimum atomic E-state index is -0.765. The van der Waals surface area contributed by atoms with Crippen molar-refractivity contribution in [1.82, 2.24) is 4.98 Å². The summed E-state index contributed by atoms with van der Waals surface area (Å²) in [6.45, 7) is 1.32. The van der Waals surface area contributed by atoms with Crippen molar-refractivity contribution >= 4 is 17.3 Å². The predicted octanol–water partition coefficient (Wildman–Crippen LogP) is 2.79. The summed E-state index contributed by atoms with van der Waals surface area (Å²) in [4.78, 5) is 6.18. The molecule has 1 fully saturated rings. The standard InChI is InChI=1S/C17H16ClN3O/c18-14-3-1-2-13(8-14)9-17(22)6-7-21(12-17)16-5-4-15(10-19)20-11-16/h1-5,8,11,22H,6-7,9,12H2.